The maximum atomic E-state index is 9.84. The summed E-state index contributed by atoms with van der Waals surface area (Å²) in [5, 5.41) is 9.84. The molecule has 90 valence electrons. The molecule has 0 fully saturated rings. The molecule has 0 radical (unpaired) electrons. The topological polar surface area (TPSA) is 46.0 Å². The van der Waals surface area contributed by atoms with E-state index in [2.05, 4.69) is 16.9 Å². The number of hydrogen-bond donors (Lipinski definition) is 1. The predicted molar refractivity (Wildman–Crippen MR) is 65.0 cm³/mol. The monoisotopic (exact) mass is 222 g/mol. The number of aliphatic hydroxyl groups excluding tert-OH is 1. The number of aromatic nitrogens is 2. The summed E-state index contributed by atoms with van der Waals surface area (Å²) < 4.78 is 0. The van der Waals surface area contributed by atoms with Crippen LogP contribution in [0.1, 0.15) is 63.5 Å². The van der Waals surface area contributed by atoms with Gasteiger partial charge in [0.15, 0.2) is 0 Å². The summed E-state index contributed by atoms with van der Waals surface area (Å²) in [4.78, 5) is 7.81. The minimum Gasteiger partial charge on any atom is -0.388 e. The molecule has 1 rings (SSSR count). The van der Waals surface area contributed by atoms with Gasteiger partial charge in [0, 0.05) is 18.0 Å². The molecule has 1 atom stereocenters. The summed E-state index contributed by atoms with van der Waals surface area (Å²) in [6.45, 7) is 2.22. The van der Waals surface area contributed by atoms with E-state index in [0.717, 1.165) is 18.4 Å². The molecule has 16 heavy (non-hydrogen) atoms. The van der Waals surface area contributed by atoms with Gasteiger partial charge in [-0.05, 0) is 6.42 Å². The van der Waals surface area contributed by atoms with Crippen LogP contribution in [0.2, 0.25) is 0 Å². The molecule has 0 aliphatic heterocycles. The zero-order chi connectivity index (χ0) is 11.6. The number of unbranched alkanes of at least 4 members (excludes halogenated alkanes) is 5. The minimum absolute atomic E-state index is 0.396. The second kappa shape index (κ2) is 8.22. The molecule has 0 aliphatic rings. The van der Waals surface area contributed by atoms with E-state index in [4.69, 9.17) is 0 Å². The van der Waals surface area contributed by atoms with Crippen molar-refractivity contribution < 1.29 is 5.11 Å². The molecule has 1 aromatic heterocycles. The molecule has 3 heteroatoms. The van der Waals surface area contributed by atoms with Crippen LogP contribution in [0.3, 0.4) is 0 Å². The standard InChI is InChI=1S/C13H22N2O/c1-2-3-4-5-6-7-8-13(16)12-9-14-11-15-10-12/h9-11,13,16H,2-8H2,1H3. The van der Waals surface area contributed by atoms with Gasteiger partial charge in [-0.3, -0.25) is 0 Å². The van der Waals surface area contributed by atoms with Crippen LogP contribution < -0.4 is 0 Å². The Hall–Kier alpha value is -0.960. The summed E-state index contributed by atoms with van der Waals surface area (Å²) >= 11 is 0. The minimum atomic E-state index is -0.396. The fourth-order valence-electron chi connectivity index (χ4n) is 1.77. The molecular weight excluding hydrogens is 200 g/mol. The highest BCUT2D eigenvalue weighted by molar-refractivity contribution is 5.05. The summed E-state index contributed by atoms with van der Waals surface area (Å²) in [6.07, 6.45) is 12.8. The molecule has 1 N–H and O–H groups in total. The van der Waals surface area contributed by atoms with E-state index in [9.17, 15) is 5.11 Å². The van der Waals surface area contributed by atoms with E-state index in [0.29, 0.717) is 0 Å². The first-order valence-electron chi connectivity index (χ1n) is 6.27. The third-order valence-electron chi connectivity index (χ3n) is 2.80. The molecule has 0 spiro atoms. The van der Waals surface area contributed by atoms with Crippen molar-refractivity contribution in [3.63, 3.8) is 0 Å². The lowest BCUT2D eigenvalue weighted by Gasteiger charge is -2.09. The number of aliphatic hydroxyl groups is 1. The SMILES string of the molecule is CCCCCCCCC(O)c1cncnc1. The van der Waals surface area contributed by atoms with Crippen molar-refractivity contribution in [2.24, 2.45) is 0 Å². The van der Waals surface area contributed by atoms with Gasteiger partial charge in [-0.15, -0.1) is 0 Å². The van der Waals surface area contributed by atoms with Crippen molar-refractivity contribution in [2.45, 2.75) is 58.0 Å². The molecule has 1 aromatic rings. The molecular formula is C13H22N2O. The lowest BCUT2D eigenvalue weighted by molar-refractivity contribution is 0.162. The second-order valence-corrected chi connectivity index (χ2v) is 4.24. The van der Waals surface area contributed by atoms with Crippen molar-refractivity contribution in [2.75, 3.05) is 0 Å². The molecule has 3 nitrogen and oxygen atoms in total. The Kier molecular flexibility index (Phi) is 6.74. The van der Waals surface area contributed by atoms with Gasteiger partial charge >= 0.3 is 0 Å². The Morgan fingerprint density at radius 2 is 1.69 bits per heavy atom. The van der Waals surface area contributed by atoms with E-state index in [1.807, 2.05) is 0 Å². The van der Waals surface area contributed by atoms with Crippen LogP contribution in [0.15, 0.2) is 18.7 Å². The first-order chi connectivity index (χ1) is 7.84. The predicted octanol–water partition coefficient (Wildman–Crippen LogP) is 3.26. The maximum absolute atomic E-state index is 9.84. The summed E-state index contributed by atoms with van der Waals surface area (Å²) in [7, 11) is 0. The van der Waals surface area contributed by atoms with Crippen molar-refractivity contribution in [1.29, 1.82) is 0 Å². The first kappa shape index (κ1) is 13.1. The van der Waals surface area contributed by atoms with E-state index in [1.165, 1.54) is 38.4 Å². The molecule has 0 aliphatic carbocycles. The highest BCUT2D eigenvalue weighted by atomic mass is 16.3. The Labute approximate surface area is 97.9 Å². The second-order valence-electron chi connectivity index (χ2n) is 4.24. The van der Waals surface area contributed by atoms with Crippen LogP contribution in [-0.4, -0.2) is 15.1 Å². The first-order valence-corrected chi connectivity index (χ1v) is 6.27. The van der Waals surface area contributed by atoms with Crippen molar-refractivity contribution in [3.05, 3.63) is 24.3 Å². The molecule has 0 saturated heterocycles. The molecule has 1 unspecified atom stereocenters. The summed E-state index contributed by atoms with van der Waals surface area (Å²) in [5.74, 6) is 0. The lowest BCUT2D eigenvalue weighted by Crippen LogP contribution is -1.98. The van der Waals surface area contributed by atoms with E-state index in [1.54, 1.807) is 12.4 Å². The molecule has 0 amide bonds. The van der Waals surface area contributed by atoms with E-state index < -0.39 is 6.10 Å². The van der Waals surface area contributed by atoms with Gasteiger partial charge < -0.3 is 5.11 Å². The molecule has 0 saturated carbocycles. The quantitative estimate of drug-likeness (QED) is 0.687. The normalized spacial score (nSPS) is 12.6. The lowest BCUT2D eigenvalue weighted by atomic mass is 10.0. The maximum Gasteiger partial charge on any atom is 0.115 e. The Morgan fingerprint density at radius 1 is 1.06 bits per heavy atom. The van der Waals surface area contributed by atoms with Crippen LogP contribution in [-0.2, 0) is 0 Å². The molecule has 0 bridgehead atoms. The van der Waals surface area contributed by atoms with Crippen LogP contribution in [0.5, 0.6) is 0 Å². The van der Waals surface area contributed by atoms with Gasteiger partial charge in [0.2, 0.25) is 0 Å². The van der Waals surface area contributed by atoms with Crippen molar-refractivity contribution in [1.82, 2.24) is 9.97 Å². The van der Waals surface area contributed by atoms with Crippen molar-refractivity contribution in [3.8, 4) is 0 Å². The summed E-state index contributed by atoms with van der Waals surface area (Å²) in [6, 6.07) is 0. The average molecular weight is 222 g/mol. The number of rotatable bonds is 8. The van der Waals surface area contributed by atoms with Gasteiger partial charge in [0.25, 0.3) is 0 Å². The van der Waals surface area contributed by atoms with E-state index >= 15 is 0 Å². The smallest absolute Gasteiger partial charge is 0.115 e. The van der Waals surface area contributed by atoms with Crippen LogP contribution in [0.25, 0.3) is 0 Å². The van der Waals surface area contributed by atoms with Gasteiger partial charge in [0.1, 0.15) is 6.33 Å². The largest absolute Gasteiger partial charge is 0.388 e. The van der Waals surface area contributed by atoms with Crippen LogP contribution in [0, 0.1) is 0 Å². The highest BCUT2D eigenvalue weighted by Gasteiger charge is 2.06. The zero-order valence-corrected chi connectivity index (χ0v) is 10.1. The molecule has 1 heterocycles. The highest BCUT2D eigenvalue weighted by Crippen LogP contribution is 2.18. The fraction of sp³-hybridized carbons (Fsp3) is 0.692. The zero-order valence-electron chi connectivity index (χ0n) is 10.1. The van der Waals surface area contributed by atoms with Gasteiger partial charge in [0.05, 0.1) is 6.10 Å². The Morgan fingerprint density at radius 3 is 2.38 bits per heavy atom. The molecule has 0 aromatic carbocycles. The number of nitrogens with zero attached hydrogens (tertiary/aromatic N) is 2. The summed E-state index contributed by atoms with van der Waals surface area (Å²) in [5.41, 5.74) is 0.830. The van der Waals surface area contributed by atoms with Gasteiger partial charge in [-0.1, -0.05) is 45.4 Å². The van der Waals surface area contributed by atoms with Gasteiger partial charge in [-0.25, -0.2) is 9.97 Å². The van der Waals surface area contributed by atoms with Crippen LogP contribution >= 0.6 is 0 Å². The van der Waals surface area contributed by atoms with Crippen LogP contribution in [0.4, 0.5) is 0 Å². The van der Waals surface area contributed by atoms with Crippen molar-refractivity contribution >= 4 is 0 Å². The van der Waals surface area contributed by atoms with Gasteiger partial charge in [-0.2, -0.15) is 0 Å². The fourth-order valence-corrected chi connectivity index (χ4v) is 1.77. The van der Waals surface area contributed by atoms with E-state index in [-0.39, 0.29) is 0 Å². The third-order valence-corrected chi connectivity index (χ3v) is 2.80. The third kappa shape index (κ3) is 5.21. The average Bonchev–Trinajstić information content (AvgIpc) is 2.34. The number of hydrogen-bond acceptors (Lipinski definition) is 3. The Balaban J connectivity index is 2.09. The Bertz CT molecular complexity index is 264.